The number of hydrogen-bond acceptors (Lipinski definition) is 4. The summed E-state index contributed by atoms with van der Waals surface area (Å²) in [5, 5.41) is 0. The first kappa shape index (κ1) is 10.7. The summed E-state index contributed by atoms with van der Waals surface area (Å²) in [6.07, 6.45) is 0. The predicted octanol–water partition coefficient (Wildman–Crippen LogP) is 1.67. The van der Waals surface area contributed by atoms with E-state index in [0.29, 0.717) is 18.0 Å². The van der Waals surface area contributed by atoms with Crippen LogP contribution in [0.4, 0.5) is 5.82 Å². The molecule has 0 saturated heterocycles. The number of H-pyrrole nitrogens is 1. The van der Waals surface area contributed by atoms with Crippen molar-refractivity contribution in [1.29, 1.82) is 0 Å². The minimum Gasteiger partial charge on any atom is -0.384 e. The van der Waals surface area contributed by atoms with E-state index >= 15 is 0 Å². The first-order valence-corrected chi connectivity index (χ1v) is 5.68. The van der Waals surface area contributed by atoms with Gasteiger partial charge in [-0.3, -0.25) is 0 Å². The second kappa shape index (κ2) is 4.12. The van der Waals surface area contributed by atoms with Crippen LogP contribution in [0.5, 0.6) is 0 Å². The fourth-order valence-electron chi connectivity index (χ4n) is 1.84. The maximum atomic E-state index is 5.63. The first-order chi connectivity index (χ1) is 8.76. The van der Waals surface area contributed by atoms with Gasteiger partial charge in [-0.05, 0) is 17.7 Å². The Hall–Kier alpha value is -2.40. The number of nitrogen functional groups attached to an aromatic ring is 1. The molecule has 3 aromatic rings. The number of benzene rings is 1. The van der Waals surface area contributed by atoms with Gasteiger partial charge in [0, 0.05) is 12.1 Å². The zero-order chi connectivity index (χ0) is 12.5. The smallest absolute Gasteiger partial charge is 0.180 e. The third-order valence-corrected chi connectivity index (χ3v) is 2.83. The highest BCUT2D eigenvalue weighted by Gasteiger charge is 2.06. The minimum atomic E-state index is 0.471. The van der Waals surface area contributed by atoms with Gasteiger partial charge in [0.25, 0.3) is 0 Å². The Morgan fingerprint density at radius 2 is 1.78 bits per heavy atom. The predicted molar refractivity (Wildman–Crippen MR) is 71.6 cm³/mol. The van der Waals surface area contributed by atoms with Gasteiger partial charge in [-0.1, -0.05) is 24.3 Å². The molecular formula is C13H13N5. The molecule has 3 rings (SSSR count). The lowest BCUT2D eigenvalue weighted by Crippen LogP contribution is -1.95. The standard InChI is InChI=1S/C13H13N5/c14-7-8-1-3-9(4-2-8)12-16-10-5-6-11(15)17-13(10)18-12/h1-6H,7,14H2,(H3,15,16,17,18). The Labute approximate surface area is 104 Å². The quantitative estimate of drug-likeness (QED) is 0.634. The highest BCUT2D eigenvalue weighted by molar-refractivity contribution is 5.77. The molecule has 5 N–H and O–H groups in total. The largest absolute Gasteiger partial charge is 0.384 e. The number of aromatic nitrogens is 3. The number of fused-ring (bicyclic) bond motifs is 1. The van der Waals surface area contributed by atoms with Crippen molar-refractivity contribution >= 4 is 17.0 Å². The SMILES string of the molecule is NCc1ccc(-c2nc3nc(N)ccc3[nH]2)cc1. The van der Waals surface area contributed by atoms with Crippen molar-refractivity contribution in [2.24, 2.45) is 5.73 Å². The van der Waals surface area contributed by atoms with E-state index in [9.17, 15) is 0 Å². The fourth-order valence-corrected chi connectivity index (χ4v) is 1.84. The summed E-state index contributed by atoms with van der Waals surface area (Å²) in [5.41, 5.74) is 14.8. The Bertz CT molecular complexity index is 684. The van der Waals surface area contributed by atoms with Crippen LogP contribution in [-0.2, 0) is 6.54 Å². The van der Waals surface area contributed by atoms with E-state index in [1.807, 2.05) is 30.3 Å². The number of nitrogens with one attached hydrogen (secondary N) is 1. The molecule has 0 fully saturated rings. The maximum Gasteiger partial charge on any atom is 0.180 e. The monoisotopic (exact) mass is 239 g/mol. The fraction of sp³-hybridized carbons (Fsp3) is 0.0769. The second-order valence-corrected chi connectivity index (χ2v) is 4.09. The maximum absolute atomic E-state index is 5.63. The Morgan fingerprint density at radius 1 is 1.00 bits per heavy atom. The molecule has 1 aromatic carbocycles. The number of anilines is 1. The highest BCUT2D eigenvalue weighted by Crippen LogP contribution is 2.20. The number of hydrogen-bond donors (Lipinski definition) is 3. The van der Waals surface area contributed by atoms with Crippen LogP contribution in [0.1, 0.15) is 5.56 Å². The van der Waals surface area contributed by atoms with Crippen LogP contribution in [0.3, 0.4) is 0 Å². The van der Waals surface area contributed by atoms with Crippen LogP contribution in [0.25, 0.3) is 22.6 Å². The third kappa shape index (κ3) is 1.80. The molecule has 0 aliphatic carbocycles. The average Bonchev–Trinajstić information content (AvgIpc) is 2.81. The van der Waals surface area contributed by atoms with Gasteiger partial charge >= 0.3 is 0 Å². The van der Waals surface area contributed by atoms with Gasteiger partial charge in [-0.2, -0.15) is 0 Å². The van der Waals surface area contributed by atoms with Gasteiger partial charge in [-0.15, -0.1) is 0 Å². The zero-order valence-electron chi connectivity index (χ0n) is 9.72. The molecule has 0 spiro atoms. The summed E-state index contributed by atoms with van der Waals surface area (Å²) < 4.78 is 0. The van der Waals surface area contributed by atoms with Crippen molar-refractivity contribution in [1.82, 2.24) is 15.0 Å². The van der Waals surface area contributed by atoms with Crippen molar-refractivity contribution in [3.63, 3.8) is 0 Å². The average molecular weight is 239 g/mol. The molecule has 0 amide bonds. The van der Waals surface area contributed by atoms with Crippen molar-refractivity contribution < 1.29 is 0 Å². The summed E-state index contributed by atoms with van der Waals surface area (Å²) in [6.45, 7) is 0.540. The number of rotatable bonds is 2. The van der Waals surface area contributed by atoms with Crippen LogP contribution in [0.15, 0.2) is 36.4 Å². The molecule has 5 nitrogen and oxygen atoms in total. The van der Waals surface area contributed by atoms with E-state index in [1.165, 1.54) is 0 Å². The van der Waals surface area contributed by atoms with Gasteiger partial charge in [-0.25, -0.2) is 9.97 Å². The van der Waals surface area contributed by atoms with Crippen LogP contribution in [0, 0.1) is 0 Å². The summed E-state index contributed by atoms with van der Waals surface area (Å²) in [6, 6.07) is 11.6. The van der Waals surface area contributed by atoms with E-state index in [2.05, 4.69) is 15.0 Å². The molecule has 2 aromatic heterocycles. The zero-order valence-corrected chi connectivity index (χ0v) is 9.72. The summed E-state index contributed by atoms with van der Waals surface area (Å²) in [5.74, 6) is 1.26. The van der Waals surface area contributed by atoms with E-state index < -0.39 is 0 Å². The molecule has 18 heavy (non-hydrogen) atoms. The topological polar surface area (TPSA) is 93.6 Å². The number of nitrogens with two attached hydrogens (primary N) is 2. The molecule has 0 aliphatic rings. The summed E-state index contributed by atoms with van der Waals surface area (Å²) in [4.78, 5) is 11.8. The first-order valence-electron chi connectivity index (χ1n) is 5.68. The summed E-state index contributed by atoms with van der Waals surface area (Å²) >= 11 is 0. The van der Waals surface area contributed by atoms with Gasteiger partial charge in [0.1, 0.15) is 11.6 Å². The molecule has 0 bridgehead atoms. The van der Waals surface area contributed by atoms with Crippen LogP contribution in [-0.4, -0.2) is 15.0 Å². The van der Waals surface area contributed by atoms with Gasteiger partial charge < -0.3 is 16.5 Å². The molecule has 0 aliphatic heterocycles. The van der Waals surface area contributed by atoms with E-state index in [-0.39, 0.29) is 0 Å². The second-order valence-electron chi connectivity index (χ2n) is 4.09. The van der Waals surface area contributed by atoms with Crippen molar-refractivity contribution in [2.75, 3.05) is 5.73 Å². The van der Waals surface area contributed by atoms with Crippen molar-refractivity contribution in [3.05, 3.63) is 42.0 Å². The van der Waals surface area contributed by atoms with Gasteiger partial charge in [0.15, 0.2) is 5.65 Å². The number of aromatic amines is 1. The van der Waals surface area contributed by atoms with Crippen molar-refractivity contribution in [2.45, 2.75) is 6.54 Å². The van der Waals surface area contributed by atoms with Crippen LogP contribution >= 0.6 is 0 Å². The third-order valence-electron chi connectivity index (χ3n) is 2.83. The molecule has 2 heterocycles. The van der Waals surface area contributed by atoms with Crippen LogP contribution < -0.4 is 11.5 Å². The van der Waals surface area contributed by atoms with Crippen LogP contribution in [0.2, 0.25) is 0 Å². The number of imidazole rings is 1. The normalized spacial score (nSPS) is 10.9. The number of nitrogens with zero attached hydrogens (tertiary/aromatic N) is 2. The molecule has 0 saturated carbocycles. The Kier molecular flexibility index (Phi) is 2.46. The molecule has 5 heteroatoms. The Balaban J connectivity index is 2.07. The van der Waals surface area contributed by atoms with Crippen molar-refractivity contribution in [3.8, 4) is 11.4 Å². The molecule has 90 valence electrons. The highest BCUT2D eigenvalue weighted by atomic mass is 15.0. The van der Waals surface area contributed by atoms with E-state index in [0.717, 1.165) is 22.5 Å². The van der Waals surface area contributed by atoms with E-state index in [4.69, 9.17) is 11.5 Å². The van der Waals surface area contributed by atoms with Gasteiger partial charge in [0.2, 0.25) is 0 Å². The lowest BCUT2D eigenvalue weighted by Gasteiger charge is -1.98. The minimum absolute atomic E-state index is 0.471. The lowest BCUT2D eigenvalue weighted by atomic mass is 10.1. The molecule has 0 radical (unpaired) electrons. The van der Waals surface area contributed by atoms with E-state index in [1.54, 1.807) is 6.07 Å². The molecule has 0 atom stereocenters. The molecular weight excluding hydrogens is 226 g/mol. The van der Waals surface area contributed by atoms with Gasteiger partial charge in [0.05, 0.1) is 5.52 Å². The Morgan fingerprint density at radius 3 is 2.50 bits per heavy atom. The molecule has 0 unspecified atom stereocenters. The lowest BCUT2D eigenvalue weighted by molar-refractivity contribution is 1.07. The summed E-state index contributed by atoms with van der Waals surface area (Å²) in [7, 11) is 0. The number of pyridine rings is 1.